The maximum Gasteiger partial charge on any atom is 0.239 e. The maximum absolute atomic E-state index is 12.3. The van der Waals surface area contributed by atoms with Crippen molar-refractivity contribution in [3.8, 4) is 0 Å². The van der Waals surface area contributed by atoms with E-state index in [4.69, 9.17) is 5.73 Å². The molecule has 1 aliphatic heterocycles. The SMILES string of the molecule is CC(C)N(C)[C@@H]1CC[C@H](N2CCC(N)C2=O)[C@H](CS(C)(=O)=O)C1. The van der Waals surface area contributed by atoms with Crippen molar-refractivity contribution in [1.29, 1.82) is 0 Å². The van der Waals surface area contributed by atoms with Crippen molar-refractivity contribution in [2.75, 3.05) is 25.6 Å². The average Bonchev–Trinajstić information content (AvgIpc) is 2.76. The van der Waals surface area contributed by atoms with Gasteiger partial charge in [-0.05, 0) is 52.5 Å². The van der Waals surface area contributed by atoms with Gasteiger partial charge in [-0.1, -0.05) is 0 Å². The fraction of sp³-hybridized carbons (Fsp3) is 0.938. The summed E-state index contributed by atoms with van der Waals surface area (Å²) in [7, 11) is -0.973. The molecule has 2 fully saturated rings. The molecule has 1 heterocycles. The van der Waals surface area contributed by atoms with Crippen molar-refractivity contribution >= 4 is 15.7 Å². The first-order chi connectivity index (χ1) is 10.6. The van der Waals surface area contributed by atoms with Gasteiger partial charge in [0, 0.05) is 30.9 Å². The lowest BCUT2D eigenvalue weighted by atomic mass is 9.81. The van der Waals surface area contributed by atoms with Crippen molar-refractivity contribution < 1.29 is 13.2 Å². The van der Waals surface area contributed by atoms with Crippen LogP contribution in [0.2, 0.25) is 0 Å². The molecule has 0 aromatic carbocycles. The third kappa shape index (κ3) is 4.45. The Bertz CT molecular complexity index is 535. The second-order valence-corrected chi connectivity index (χ2v) is 9.76. The molecule has 1 unspecified atom stereocenters. The van der Waals surface area contributed by atoms with Crippen LogP contribution in [0.3, 0.4) is 0 Å². The molecule has 6 nitrogen and oxygen atoms in total. The Morgan fingerprint density at radius 2 is 1.96 bits per heavy atom. The normalized spacial score (nSPS) is 33.0. The molecule has 134 valence electrons. The summed E-state index contributed by atoms with van der Waals surface area (Å²) in [5.41, 5.74) is 5.85. The molecule has 0 bridgehead atoms. The third-order valence-corrected chi connectivity index (χ3v) is 6.54. The summed E-state index contributed by atoms with van der Waals surface area (Å²) in [6, 6.07) is 0.411. The number of hydrogen-bond donors (Lipinski definition) is 1. The first-order valence-electron chi connectivity index (χ1n) is 8.56. The van der Waals surface area contributed by atoms with Gasteiger partial charge in [-0.2, -0.15) is 0 Å². The van der Waals surface area contributed by atoms with E-state index in [2.05, 4.69) is 25.8 Å². The van der Waals surface area contributed by atoms with E-state index in [9.17, 15) is 13.2 Å². The number of likely N-dealkylation sites (tertiary alicyclic amines) is 1. The molecular formula is C16H31N3O3S. The van der Waals surface area contributed by atoms with Crippen molar-refractivity contribution in [2.45, 2.75) is 63.7 Å². The van der Waals surface area contributed by atoms with Gasteiger partial charge in [0.25, 0.3) is 0 Å². The monoisotopic (exact) mass is 345 g/mol. The van der Waals surface area contributed by atoms with Gasteiger partial charge >= 0.3 is 0 Å². The topological polar surface area (TPSA) is 83.7 Å². The van der Waals surface area contributed by atoms with E-state index in [1.807, 2.05) is 4.90 Å². The third-order valence-electron chi connectivity index (χ3n) is 5.50. The van der Waals surface area contributed by atoms with Gasteiger partial charge in [-0.15, -0.1) is 0 Å². The maximum atomic E-state index is 12.3. The number of sulfone groups is 1. The van der Waals surface area contributed by atoms with Crippen LogP contribution in [-0.4, -0.2) is 73.9 Å². The smallest absolute Gasteiger partial charge is 0.239 e. The van der Waals surface area contributed by atoms with Crippen LogP contribution >= 0.6 is 0 Å². The van der Waals surface area contributed by atoms with Gasteiger partial charge in [0.2, 0.25) is 5.91 Å². The highest BCUT2D eigenvalue weighted by molar-refractivity contribution is 7.90. The van der Waals surface area contributed by atoms with Crippen LogP contribution < -0.4 is 5.73 Å². The molecule has 0 radical (unpaired) electrons. The number of carbonyl (C=O) groups excluding carboxylic acids is 1. The minimum Gasteiger partial charge on any atom is -0.338 e. The molecule has 0 aromatic heterocycles. The largest absolute Gasteiger partial charge is 0.338 e. The summed E-state index contributed by atoms with van der Waals surface area (Å²) in [5.74, 6) is 0.141. The second kappa shape index (κ2) is 7.07. The van der Waals surface area contributed by atoms with Crippen molar-refractivity contribution in [1.82, 2.24) is 9.80 Å². The summed E-state index contributed by atoms with van der Waals surface area (Å²) in [5, 5.41) is 0. The zero-order chi connectivity index (χ0) is 17.4. The van der Waals surface area contributed by atoms with Crippen LogP contribution in [0, 0.1) is 5.92 Å². The average molecular weight is 346 g/mol. The fourth-order valence-electron chi connectivity index (χ4n) is 4.05. The summed E-state index contributed by atoms with van der Waals surface area (Å²) >= 11 is 0. The molecular weight excluding hydrogens is 314 g/mol. The minimum atomic E-state index is -3.07. The molecule has 23 heavy (non-hydrogen) atoms. The summed E-state index contributed by atoms with van der Waals surface area (Å²) in [6.07, 6.45) is 4.65. The highest BCUT2D eigenvalue weighted by Crippen LogP contribution is 2.34. The van der Waals surface area contributed by atoms with Crippen molar-refractivity contribution in [3.05, 3.63) is 0 Å². The Balaban J connectivity index is 2.16. The summed E-state index contributed by atoms with van der Waals surface area (Å²) < 4.78 is 23.7. The van der Waals surface area contributed by atoms with E-state index in [0.29, 0.717) is 25.0 Å². The van der Waals surface area contributed by atoms with E-state index in [1.54, 1.807) is 0 Å². The molecule has 1 saturated carbocycles. The molecule has 2 rings (SSSR count). The zero-order valence-electron chi connectivity index (χ0n) is 14.7. The van der Waals surface area contributed by atoms with Crippen LogP contribution in [0.1, 0.15) is 39.5 Å². The molecule has 4 atom stereocenters. The number of hydrogen-bond acceptors (Lipinski definition) is 5. The standard InChI is InChI=1S/C16H31N3O3S/c1-11(2)18(3)13-5-6-15(12(9-13)10-23(4,21)22)19-8-7-14(17)16(19)20/h11-15H,5-10,17H2,1-4H3/t12-,13+,14?,15-/m0/s1. The predicted octanol–water partition coefficient (Wildman–Crippen LogP) is 0.468. The van der Waals surface area contributed by atoms with Crippen LogP contribution in [0.25, 0.3) is 0 Å². The quantitative estimate of drug-likeness (QED) is 0.783. The number of amides is 1. The predicted molar refractivity (Wildman–Crippen MR) is 91.8 cm³/mol. The zero-order valence-corrected chi connectivity index (χ0v) is 15.6. The summed E-state index contributed by atoms with van der Waals surface area (Å²) in [4.78, 5) is 16.5. The lowest BCUT2D eigenvalue weighted by molar-refractivity contribution is -0.132. The Morgan fingerprint density at radius 3 is 2.43 bits per heavy atom. The van der Waals surface area contributed by atoms with Crippen molar-refractivity contribution in [2.24, 2.45) is 11.7 Å². The van der Waals surface area contributed by atoms with E-state index >= 15 is 0 Å². The Kier molecular flexibility index (Phi) is 5.74. The fourth-order valence-corrected chi connectivity index (χ4v) is 5.18. The van der Waals surface area contributed by atoms with Gasteiger partial charge < -0.3 is 15.5 Å². The Labute approximate surface area is 140 Å². The van der Waals surface area contributed by atoms with Crippen LogP contribution in [0.4, 0.5) is 0 Å². The van der Waals surface area contributed by atoms with E-state index in [0.717, 1.165) is 19.3 Å². The molecule has 1 saturated heterocycles. The second-order valence-electron chi connectivity index (χ2n) is 7.57. The first kappa shape index (κ1) is 18.7. The number of nitrogens with two attached hydrogens (primary N) is 1. The van der Waals surface area contributed by atoms with Crippen LogP contribution in [-0.2, 0) is 14.6 Å². The highest BCUT2D eigenvalue weighted by Gasteiger charge is 2.42. The van der Waals surface area contributed by atoms with Gasteiger partial charge in [0.05, 0.1) is 11.8 Å². The molecule has 0 aromatic rings. The van der Waals surface area contributed by atoms with E-state index in [1.165, 1.54) is 6.26 Å². The molecule has 2 aliphatic rings. The molecule has 2 N–H and O–H groups in total. The number of carbonyl (C=O) groups is 1. The van der Waals surface area contributed by atoms with Gasteiger partial charge in [-0.25, -0.2) is 8.42 Å². The van der Waals surface area contributed by atoms with Crippen LogP contribution in [0.5, 0.6) is 0 Å². The minimum absolute atomic E-state index is 0.000741. The van der Waals surface area contributed by atoms with Gasteiger partial charge in [0.1, 0.15) is 9.84 Å². The van der Waals surface area contributed by atoms with Gasteiger partial charge in [0.15, 0.2) is 0 Å². The van der Waals surface area contributed by atoms with Crippen LogP contribution in [0.15, 0.2) is 0 Å². The lowest BCUT2D eigenvalue weighted by Crippen LogP contribution is -2.52. The number of rotatable bonds is 5. The molecule has 0 spiro atoms. The van der Waals surface area contributed by atoms with E-state index in [-0.39, 0.29) is 23.6 Å². The molecule has 7 heteroatoms. The van der Waals surface area contributed by atoms with Crippen molar-refractivity contribution in [3.63, 3.8) is 0 Å². The molecule has 1 amide bonds. The lowest BCUT2D eigenvalue weighted by Gasteiger charge is -2.44. The van der Waals surface area contributed by atoms with Gasteiger partial charge in [-0.3, -0.25) is 4.79 Å². The Morgan fingerprint density at radius 1 is 1.30 bits per heavy atom. The van der Waals surface area contributed by atoms with E-state index < -0.39 is 15.9 Å². The highest BCUT2D eigenvalue weighted by atomic mass is 32.2. The first-order valence-corrected chi connectivity index (χ1v) is 10.6. The Hall–Kier alpha value is -0.660. The molecule has 1 aliphatic carbocycles. The number of nitrogens with zero attached hydrogens (tertiary/aromatic N) is 2. The summed E-state index contributed by atoms with van der Waals surface area (Å²) in [6.45, 7) is 4.97.